The molecule has 4 nitrogen and oxygen atoms in total. The van der Waals surface area contributed by atoms with E-state index in [0.717, 1.165) is 22.7 Å². The van der Waals surface area contributed by atoms with Crippen molar-refractivity contribution >= 4 is 22.8 Å². The lowest BCUT2D eigenvalue weighted by atomic mass is 9.96. The fourth-order valence-electron chi connectivity index (χ4n) is 3.91. The molecule has 0 radical (unpaired) electrons. The van der Waals surface area contributed by atoms with Crippen molar-refractivity contribution in [3.8, 4) is 0 Å². The summed E-state index contributed by atoms with van der Waals surface area (Å²) < 4.78 is -0.679. The summed E-state index contributed by atoms with van der Waals surface area (Å²) in [5.74, 6) is 1.56. The molecule has 1 aliphatic heterocycles. The van der Waals surface area contributed by atoms with Gasteiger partial charge in [-0.1, -0.05) is 24.2 Å². The Morgan fingerprint density at radius 3 is 2.90 bits per heavy atom. The van der Waals surface area contributed by atoms with Crippen molar-refractivity contribution in [2.45, 2.75) is 43.4 Å². The van der Waals surface area contributed by atoms with E-state index in [-0.39, 0.29) is 5.91 Å². The van der Waals surface area contributed by atoms with Crippen LogP contribution >= 0.6 is 11.8 Å². The highest BCUT2D eigenvalue weighted by Crippen LogP contribution is 2.46. The van der Waals surface area contributed by atoms with E-state index >= 15 is 0 Å². The third kappa shape index (κ3) is 2.18. The van der Waals surface area contributed by atoms with Crippen molar-refractivity contribution < 1.29 is 4.79 Å². The molecular formula is C16H19N3OS. The minimum Gasteiger partial charge on any atom is -0.361 e. The molecule has 2 fully saturated rings. The highest BCUT2D eigenvalue weighted by atomic mass is 32.2. The number of nitrogens with one attached hydrogen (secondary N) is 1. The standard InChI is InChI=1S/C16H19N3OS/c1-16(13-4-2-3-7-17-13)14(20)19-15(21-16)18-12-9-10-5-6-11(12)8-10/h2-4,7,10-12H,5-6,8-9H2,1H3,(H,18,19,20)/t10-,11-,12-,16?/m0/s1. The summed E-state index contributed by atoms with van der Waals surface area (Å²) in [7, 11) is 0. The Hall–Kier alpha value is -1.36. The third-order valence-corrected chi connectivity index (χ3v) is 6.31. The number of thioether (sulfide) groups is 1. The van der Waals surface area contributed by atoms with Gasteiger partial charge in [-0.2, -0.15) is 4.99 Å². The lowest BCUT2D eigenvalue weighted by Crippen LogP contribution is -2.37. The normalized spacial score (nSPS) is 37.9. The molecule has 4 rings (SSSR count). The zero-order valence-electron chi connectivity index (χ0n) is 12.1. The highest BCUT2D eigenvalue weighted by Gasteiger charge is 2.46. The van der Waals surface area contributed by atoms with Gasteiger partial charge in [0, 0.05) is 12.2 Å². The summed E-state index contributed by atoms with van der Waals surface area (Å²) in [5.41, 5.74) is 0.786. The van der Waals surface area contributed by atoms with Crippen molar-refractivity contribution in [2.75, 3.05) is 0 Å². The molecule has 3 aliphatic rings. The molecule has 0 spiro atoms. The van der Waals surface area contributed by atoms with Gasteiger partial charge in [-0.3, -0.25) is 9.78 Å². The molecule has 4 atom stereocenters. The summed E-state index contributed by atoms with van der Waals surface area (Å²) in [6, 6.07) is 6.20. The zero-order chi connectivity index (χ0) is 14.4. The summed E-state index contributed by atoms with van der Waals surface area (Å²) in [4.78, 5) is 21.0. The van der Waals surface area contributed by atoms with E-state index in [0.29, 0.717) is 6.04 Å². The smallest absolute Gasteiger partial charge is 0.270 e. The number of hydrogen-bond acceptors (Lipinski definition) is 4. The molecule has 2 heterocycles. The predicted octanol–water partition coefficient (Wildman–Crippen LogP) is 2.70. The van der Waals surface area contributed by atoms with Crippen LogP contribution in [0.3, 0.4) is 0 Å². The minimum absolute atomic E-state index is 0.100. The number of aromatic nitrogens is 1. The summed E-state index contributed by atoms with van der Waals surface area (Å²) >= 11 is 1.52. The first kappa shape index (κ1) is 13.3. The largest absolute Gasteiger partial charge is 0.361 e. The Bertz CT molecular complexity index is 603. The highest BCUT2D eigenvalue weighted by molar-refractivity contribution is 8.15. The molecule has 0 saturated heterocycles. The number of rotatable bonds is 2. The number of amidine groups is 1. The molecule has 1 amide bonds. The van der Waals surface area contributed by atoms with Crippen LogP contribution in [0.25, 0.3) is 0 Å². The van der Waals surface area contributed by atoms with Gasteiger partial charge in [0.25, 0.3) is 5.91 Å². The number of nitrogens with zero attached hydrogens (tertiary/aromatic N) is 2. The molecule has 21 heavy (non-hydrogen) atoms. The molecule has 1 aromatic rings. The van der Waals surface area contributed by atoms with Crippen LogP contribution in [-0.2, 0) is 9.54 Å². The van der Waals surface area contributed by atoms with Crippen molar-refractivity contribution in [1.82, 2.24) is 10.3 Å². The van der Waals surface area contributed by atoms with Crippen LogP contribution in [-0.4, -0.2) is 22.1 Å². The van der Waals surface area contributed by atoms with E-state index in [1.54, 1.807) is 6.20 Å². The molecule has 2 bridgehead atoms. The first-order valence-electron chi connectivity index (χ1n) is 7.65. The molecular weight excluding hydrogens is 282 g/mol. The van der Waals surface area contributed by atoms with Crippen LogP contribution in [0.4, 0.5) is 0 Å². The van der Waals surface area contributed by atoms with Gasteiger partial charge >= 0.3 is 0 Å². The number of amides is 1. The Labute approximate surface area is 128 Å². The molecule has 1 unspecified atom stereocenters. The second kappa shape index (κ2) is 4.83. The van der Waals surface area contributed by atoms with Crippen LogP contribution in [0, 0.1) is 11.8 Å². The Kier molecular flexibility index (Phi) is 3.06. The maximum atomic E-state index is 12.4. The molecule has 5 heteroatoms. The van der Waals surface area contributed by atoms with Crippen LogP contribution in [0.15, 0.2) is 29.4 Å². The van der Waals surface area contributed by atoms with Gasteiger partial charge in [-0.05, 0) is 50.2 Å². The van der Waals surface area contributed by atoms with Gasteiger partial charge in [0.05, 0.1) is 5.69 Å². The molecule has 0 aromatic carbocycles. The summed E-state index contributed by atoms with van der Waals surface area (Å²) in [6.45, 7) is 1.92. The molecule has 1 N–H and O–H groups in total. The SMILES string of the molecule is CC1(c2ccccn2)SC(N[C@H]2C[C@H]3CC[C@H]2C3)=NC1=O. The maximum absolute atomic E-state index is 12.4. The van der Waals surface area contributed by atoms with Gasteiger partial charge < -0.3 is 5.32 Å². The monoisotopic (exact) mass is 301 g/mol. The molecule has 2 saturated carbocycles. The lowest BCUT2D eigenvalue weighted by Gasteiger charge is -2.24. The van der Waals surface area contributed by atoms with Gasteiger partial charge in [0.15, 0.2) is 5.17 Å². The van der Waals surface area contributed by atoms with Gasteiger partial charge in [-0.15, -0.1) is 0 Å². The van der Waals surface area contributed by atoms with E-state index in [1.165, 1.54) is 37.4 Å². The number of carbonyl (C=O) groups is 1. The number of fused-ring (bicyclic) bond motifs is 2. The molecule has 2 aliphatic carbocycles. The lowest BCUT2D eigenvalue weighted by molar-refractivity contribution is -0.119. The predicted molar refractivity (Wildman–Crippen MR) is 84.0 cm³/mol. The average Bonchev–Trinajstić information content (AvgIpc) is 3.16. The Balaban J connectivity index is 1.50. The Morgan fingerprint density at radius 2 is 2.24 bits per heavy atom. The second-order valence-electron chi connectivity index (χ2n) is 6.50. The van der Waals surface area contributed by atoms with Crippen LogP contribution in [0.5, 0.6) is 0 Å². The molecule has 110 valence electrons. The van der Waals surface area contributed by atoms with E-state index < -0.39 is 4.75 Å². The number of carbonyl (C=O) groups excluding carboxylic acids is 1. The van der Waals surface area contributed by atoms with Gasteiger partial charge in [0.1, 0.15) is 4.75 Å². The van der Waals surface area contributed by atoms with E-state index in [2.05, 4.69) is 15.3 Å². The average molecular weight is 301 g/mol. The number of aliphatic imine (C=N–C) groups is 1. The van der Waals surface area contributed by atoms with E-state index in [4.69, 9.17) is 0 Å². The Morgan fingerprint density at radius 1 is 1.33 bits per heavy atom. The topological polar surface area (TPSA) is 54.4 Å². The second-order valence-corrected chi connectivity index (χ2v) is 7.91. The van der Waals surface area contributed by atoms with Crippen molar-refractivity contribution in [2.24, 2.45) is 16.8 Å². The van der Waals surface area contributed by atoms with Crippen molar-refractivity contribution in [3.63, 3.8) is 0 Å². The fourth-order valence-corrected chi connectivity index (χ4v) is 4.99. The fraction of sp³-hybridized carbons (Fsp3) is 0.562. The minimum atomic E-state index is -0.679. The first-order valence-corrected chi connectivity index (χ1v) is 8.47. The molecule has 1 aromatic heterocycles. The number of pyridine rings is 1. The summed E-state index contributed by atoms with van der Waals surface area (Å²) in [5, 5.41) is 4.31. The summed E-state index contributed by atoms with van der Waals surface area (Å²) in [6.07, 6.45) is 7.02. The van der Waals surface area contributed by atoms with Crippen LogP contribution in [0.2, 0.25) is 0 Å². The maximum Gasteiger partial charge on any atom is 0.270 e. The van der Waals surface area contributed by atoms with Crippen molar-refractivity contribution in [3.05, 3.63) is 30.1 Å². The van der Waals surface area contributed by atoms with Crippen molar-refractivity contribution in [1.29, 1.82) is 0 Å². The number of hydrogen-bond donors (Lipinski definition) is 1. The zero-order valence-corrected chi connectivity index (χ0v) is 12.9. The van der Waals surface area contributed by atoms with Crippen LogP contribution in [0.1, 0.15) is 38.3 Å². The van der Waals surface area contributed by atoms with Gasteiger partial charge in [-0.25, -0.2) is 0 Å². The third-order valence-electron chi connectivity index (χ3n) is 5.11. The quantitative estimate of drug-likeness (QED) is 0.912. The van der Waals surface area contributed by atoms with E-state index in [1.807, 2.05) is 25.1 Å². The van der Waals surface area contributed by atoms with Crippen LogP contribution < -0.4 is 5.32 Å². The first-order chi connectivity index (χ1) is 10.1. The van der Waals surface area contributed by atoms with E-state index in [9.17, 15) is 4.79 Å². The van der Waals surface area contributed by atoms with Gasteiger partial charge in [0.2, 0.25) is 0 Å².